The lowest BCUT2D eigenvalue weighted by Gasteiger charge is -2.33. The highest BCUT2D eigenvalue weighted by atomic mass is 15.2. The van der Waals surface area contributed by atoms with Crippen molar-refractivity contribution in [2.45, 2.75) is 46.1 Å². The zero-order valence-electron chi connectivity index (χ0n) is 10.8. The number of likely N-dealkylation sites (tertiary alicyclic amines) is 2. The minimum absolute atomic E-state index is 0.364. The van der Waals surface area contributed by atoms with Crippen molar-refractivity contribution in [2.24, 2.45) is 5.41 Å². The molecule has 0 aliphatic carbocycles. The molecule has 2 fully saturated rings. The van der Waals surface area contributed by atoms with Gasteiger partial charge in [-0.25, -0.2) is 0 Å². The number of hydrogen-bond donors (Lipinski definition) is 0. The third-order valence-corrected chi connectivity index (χ3v) is 4.35. The Hall–Kier alpha value is -0.0800. The maximum atomic E-state index is 2.67. The van der Waals surface area contributed by atoms with Gasteiger partial charge in [0.15, 0.2) is 0 Å². The standard InChI is InChI=1S/C13H26N2/c1-5-14-8-6-13(10-14)7-9-15(11-13)12(2,3)4/h5-11H2,1-4H3. The van der Waals surface area contributed by atoms with Crippen molar-refractivity contribution in [3.8, 4) is 0 Å². The third kappa shape index (κ3) is 2.21. The van der Waals surface area contributed by atoms with Gasteiger partial charge >= 0.3 is 0 Å². The van der Waals surface area contributed by atoms with Gasteiger partial charge in [-0.2, -0.15) is 0 Å². The first-order valence-electron chi connectivity index (χ1n) is 6.43. The fourth-order valence-corrected chi connectivity index (χ4v) is 3.14. The Kier molecular flexibility index (Phi) is 2.85. The summed E-state index contributed by atoms with van der Waals surface area (Å²) in [6.07, 6.45) is 2.84. The summed E-state index contributed by atoms with van der Waals surface area (Å²) < 4.78 is 0. The Morgan fingerprint density at radius 1 is 1.07 bits per heavy atom. The smallest absolute Gasteiger partial charge is 0.0125 e. The number of hydrogen-bond acceptors (Lipinski definition) is 2. The molecule has 0 aromatic rings. The molecule has 2 aliphatic rings. The van der Waals surface area contributed by atoms with Gasteiger partial charge in [-0.15, -0.1) is 0 Å². The van der Waals surface area contributed by atoms with E-state index in [0.717, 1.165) is 0 Å². The van der Waals surface area contributed by atoms with Gasteiger partial charge in [-0.3, -0.25) is 4.90 Å². The largest absolute Gasteiger partial charge is 0.303 e. The van der Waals surface area contributed by atoms with Gasteiger partial charge in [0, 0.05) is 18.6 Å². The fourth-order valence-electron chi connectivity index (χ4n) is 3.14. The van der Waals surface area contributed by atoms with E-state index in [2.05, 4.69) is 37.5 Å². The van der Waals surface area contributed by atoms with Crippen LogP contribution in [0.1, 0.15) is 40.5 Å². The molecule has 1 spiro atoms. The van der Waals surface area contributed by atoms with E-state index in [9.17, 15) is 0 Å². The molecular formula is C13H26N2. The Morgan fingerprint density at radius 2 is 1.73 bits per heavy atom. The SMILES string of the molecule is CCN1CCC2(CCN(C(C)(C)C)C2)C1. The van der Waals surface area contributed by atoms with E-state index in [1.54, 1.807) is 0 Å². The van der Waals surface area contributed by atoms with E-state index in [1.165, 1.54) is 45.6 Å². The monoisotopic (exact) mass is 210 g/mol. The minimum Gasteiger partial charge on any atom is -0.303 e. The molecule has 0 amide bonds. The predicted molar refractivity (Wildman–Crippen MR) is 65.1 cm³/mol. The van der Waals surface area contributed by atoms with E-state index >= 15 is 0 Å². The summed E-state index contributed by atoms with van der Waals surface area (Å²) in [6.45, 7) is 15.9. The maximum absolute atomic E-state index is 2.67. The third-order valence-electron chi connectivity index (χ3n) is 4.35. The molecule has 15 heavy (non-hydrogen) atoms. The van der Waals surface area contributed by atoms with E-state index < -0.39 is 0 Å². The average Bonchev–Trinajstić information content (AvgIpc) is 2.73. The minimum atomic E-state index is 0.364. The van der Waals surface area contributed by atoms with Crippen LogP contribution >= 0.6 is 0 Å². The highest BCUT2D eigenvalue weighted by Gasteiger charge is 2.45. The highest BCUT2D eigenvalue weighted by molar-refractivity contribution is 4.99. The first-order chi connectivity index (χ1) is 6.95. The second-order valence-corrected chi connectivity index (χ2v) is 6.46. The Balaban J connectivity index is 1.98. The van der Waals surface area contributed by atoms with Crippen LogP contribution in [-0.2, 0) is 0 Å². The lowest BCUT2D eigenvalue weighted by Crippen LogP contribution is -2.41. The summed E-state index contributed by atoms with van der Waals surface area (Å²) in [6, 6.07) is 0. The van der Waals surface area contributed by atoms with Crippen LogP contribution in [0, 0.1) is 5.41 Å². The van der Waals surface area contributed by atoms with Crippen LogP contribution in [0.5, 0.6) is 0 Å². The summed E-state index contributed by atoms with van der Waals surface area (Å²) in [5.41, 5.74) is 1.01. The average molecular weight is 210 g/mol. The van der Waals surface area contributed by atoms with E-state index in [-0.39, 0.29) is 0 Å². The molecule has 2 nitrogen and oxygen atoms in total. The van der Waals surface area contributed by atoms with E-state index in [4.69, 9.17) is 0 Å². The Morgan fingerprint density at radius 3 is 2.20 bits per heavy atom. The molecule has 1 unspecified atom stereocenters. The maximum Gasteiger partial charge on any atom is 0.0125 e. The van der Waals surface area contributed by atoms with Crippen LogP contribution in [0.15, 0.2) is 0 Å². The first-order valence-corrected chi connectivity index (χ1v) is 6.43. The van der Waals surface area contributed by atoms with Crippen LogP contribution in [-0.4, -0.2) is 48.1 Å². The molecular weight excluding hydrogens is 184 g/mol. The van der Waals surface area contributed by atoms with Crippen molar-refractivity contribution in [3.05, 3.63) is 0 Å². The van der Waals surface area contributed by atoms with Crippen molar-refractivity contribution < 1.29 is 0 Å². The molecule has 2 heteroatoms. The molecule has 0 radical (unpaired) electrons. The van der Waals surface area contributed by atoms with Crippen molar-refractivity contribution >= 4 is 0 Å². The van der Waals surface area contributed by atoms with Crippen molar-refractivity contribution in [3.63, 3.8) is 0 Å². The lowest BCUT2D eigenvalue weighted by molar-refractivity contribution is 0.148. The quantitative estimate of drug-likeness (QED) is 0.655. The summed E-state index contributed by atoms with van der Waals surface area (Å²) >= 11 is 0. The van der Waals surface area contributed by atoms with Gasteiger partial charge < -0.3 is 4.90 Å². The zero-order chi connectivity index (χ0) is 11.1. The normalized spacial score (nSPS) is 34.4. The molecule has 88 valence electrons. The molecule has 2 rings (SSSR count). The van der Waals surface area contributed by atoms with Gasteiger partial charge in [0.1, 0.15) is 0 Å². The summed E-state index contributed by atoms with van der Waals surface area (Å²) in [4.78, 5) is 5.29. The molecule has 0 aromatic heterocycles. The van der Waals surface area contributed by atoms with Gasteiger partial charge in [-0.05, 0) is 58.7 Å². The topological polar surface area (TPSA) is 6.48 Å². The second-order valence-electron chi connectivity index (χ2n) is 6.46. The van der Waals surface area contributed by atoms with Gasteiger partial charge in [0.2, 0.25) is 0 Å². The Bertz CT molecular complexity index is 231. The van der Waals surface area contributed by atoms with Crippen LogP contribution in [0.3, 0.4) is 0 Å². The zero-order valence-corrected chi connectivity index (χ0v) is 10.8. The molecule has 0 bridgehead atoms. The summed E-state index contributed by atoms with van der Waals surface area (Å²) in [7, 11) is 0. The van der Waals surface area contributed by atoms with Crippen LogP contribution in [0.4, 0.5) is 0 Å². The predicted octanol–water partition coefficient (Wildman–Crippen LogP) is 2.20. The summed E-state index contributed by atoms with van der Waals surface area (Å²) in [5, 5.41) is 0. The Labute approximate surface area is 94.6 Å². The van der Waals surface area contributed by atoms with Crippen molar-refractivity contribution in [2.75, 3.05) is 32.7 Å². The van der Waals surface area contributed by atoms with E-state index in [1.807, 2.05) is 0 Å². The highest BCUT2D eigenvalue weighted by Crippen LogP contribution is 2.41. The van der Waals surface area contributed by atoms with Crippen molar-refractivity contribution in [1.82, 2.24) is 9.80 Å². The second kappa shape index (κ2) is 3.74. The van der Waals surface area contributed by atoms with Crippen LogP contribution in [0.25, 0.3) is 0 Å². The molecule has 0 saturated carbocycles. The number of rotatable bonds is 1. The van der Waals surface area contributed by atoms with Crippen LogP contribution in [0.2, 0.25) is 0 Å². The lowest BCUT2D eigenvalue weighted by atomic mass is 9.86. The van der Waals surface area contributed by atoms with Crippen molar-refractivity contribution in [1.29, 1.82) is 0 Å². The molecule has 1 atom stereocenters. The van der Waals surface area contributed by atoms with E-state index in [0.29, 0.717) is 11.0 Å². The fraction of sp³-hybridized carbons (Fsp3) is 1.00. The van der Waals surface area contributed by atoms with Gasteiger partial charge in [0.05, 0.1) is 0 Å². The summed E-state index contributed by atoms with van der Waals surface area (Å²) in [5.74, 6) is 0. The molecule has 2 heterocycles. The molecule has 0 N–H and O–H groups in total. The van der Waals surface area contributed by atoms with Gasteiger partial charge in [-0.1, -0.05) is 6.92 Å². The molecule has 2 saturated heterocycles. The van der Waals surface area contributed by atoms with Gasteiger partial charge in [0.25, 0.3) is 0 Å². The first kappa shape index (κ1) is 11.4. The molecule has 0 aromatic carbocycles. The number of nitrogens with zero attached hydrogens (tertiary/aromatic N) is 2. The van der Waals surface area contributed by atoms with Crippen LogP contribution < -0.4 is 0 Å². The molecule has 2 aliphatic heterocycles.